The van der Waals surface area contributed by atoms with Crippen molar-refractivity contribution in [3.8, 4) is 17.4 Å². The molecule has 1 heterocycles. The summed E-state index contributed by atoms with van der Waals surface area (Å²) in [7, 11) is 0. The first-order valence-corrected chi connectivity index (χ1v) is 9.24. The normalized spacial score (nSPS) is 11.0. The SMILES string of the molecule is C=CCNC(=NCc1cccnc1Oc1ccc(OCCC)cc1)NCC. The molecule has 144 valence electrons. The van der Waals surface area contributed by atoms with Gasteiger partial charge >= 0.3 is 0 Å². The molecule has 6 heteroatoms. The van der Waals surface area contributed by atoms with Crippen LogP contribution >= 0.6 is 0 Å². The lowest BCUT2D eigenvalue weighted by molar-refractivity contribution is 0.317. The molecule has 0 radical (unpaired) electrons. The Balaban J connectivity index is 2.07. The molecule has 2 aromatic rings. The maximum Gasteiger partial charge on any atom is 0.224 e. The third-order valence-electron chi connectivity index (χ3n) is 3.53. The number of guanidine groups is 1. The summed E-state index contributed by atoms with van der Waals surface area (Å²) in [6.07, 6.45) is 4.48. The van der Waals surface area contributed by atoms with Gasteiger partial charge in [0.1, 0.15) is 11.5 Å². The van der Waals surface area contributed by atoms with Crippen LogP contribution in [-0.2, 0) is 6.54 Å². The number of aromatic nitrogens is 1. The Kier molecular flexibility index (Phi) is 8.69. The Hall–Kier alpha value is -3.02. The zero-order valence-electron chi connectivity index (χ0n) is 16.1. The largest absolute Gasteiger partial charge is 0.494 e. The number of rotatable bonds is 10. The van der Waals surface area contributed by atoms with Gasteiger partial charge in [-0.05, 0) is 43.7 Å². The zero-order valence-corrected chi connectivity index (χ0v) is 16.1. The van der Waals surface area contributed by atoms with Gasteiger partial charge in [-0.1, -0.05) is 19.1 Å². The lowest BCUT2D eigenvalue weighted by Gasteiger charge is -2.12. The van der Waals surface area contributed by atoms with Crippen molar-refractivity contribution in [2.45, 2.75) is 26.8 Å². The van der Waals surface area contributed by atoms with Crippen LogP contribution in [0.15, 0.2) is 60.2 Å². The van der Waals surface area contributed by atoms with Crippen LogP contribution in [0.1, 0.15) is 25.8 Å². The van der Waals surface area contributed by atoms with Gasteiger partial charge in [-0.15, -0.1) is 6.58 Å². The topological polar surface area (TPSA) is 67.8 Å². The number of nitrogens with zero attached hydrogens (tertiary/aromatic N) is 2. The number of pyridine rings is 1. The van der Waals surface area contributed by atoms with E-state index in [1.807, 2.05) is 43.3 Å². The Bertz CT molecular complexity index is 729. The summed E-state index contributed by atoms with van der Waals surface area (Å²) in [5.41, 5.74) is 0.902. The van der Waals surface area contributed by atoms with Gasteiger partial charge in [-0.2, -0.15) is 0 Å². The molecule has 0 aliphatic rings. The number of benzene rings is 1. The summed E-state index contributed by atoms with van der Waals surface area (Å²) < 4.78 is 11.5. The summed E-state index contributed by atoms with van der Waals surface area (Å²) in [5.74, 6) is 2.81. The predicted octanol–water partition coefficient (Wildman–Crippen LogP) is 3.90. The standard InChI is InChI=1S/C21H28N4O2/c1-4-13-24-21(22-6-3)25-16-17-8-7-14-23-20(17)27-19-11-9-18(10-12-19)26-15-5-2/h4,7-12,14H,1,5-6,13,15-16H2,2-3H3,(H2,22,24,25). The minimum absolute atomic E-state index is 0.452. The lowest BCUT2D eigenvalue weighted by atomic mass is 10.2. The number of nitrogens with one attached hydrogen (secondary N) is 2. The van der Waals surface area contributed by atoms with Crippen LogP contribution < -0.4 is 20.1 Å². The van der Waals surface area contributed by atoms with Gasteiger partial charge in [0.25, 0.3) is 0 Å². The summed E-state index contributed by atoms with van der Waals surface area (Å²) in [6.45, 7) is 10.4. The molecule has 0 amide bonds. The van der Waals surface area contributed by atoms with E-state index in [1.165, 1.54) is 0 Å². The van der Waals surface area contributed by atoms with E-state index >= 15 is 0 Å². The Morgan fingerprint density at radius 2 is 1.93 bits per heavy atom. The van der Waals surface area contributed by atoms with Gasteiger partial charge in [0, 0.05) is 24.8 Å². The fourth-order valence-corrected chi connectivity index (χ4v) is 2.25. The zero-order chi connectivity index (χ0) is 19.3. The Labute approximate surface area is 161 Å². The Morgan fingerprint density at radius 3 is 2.63 bits per heavy atom. The van der Waals surface area contributed by atoms with Crippen LogP contribution in [0.25, 0.3) is 0 Å². The first-order chi connectivity index (χ1) is 13.3. The van der Waals surface area contributed by atoms with Crippen molar-refractivity contribution in [2.75, 3.05) is 19.7 Å². The molecule has 0 saturated heterocycles. The molecule has 0 unspecified atom stereocenters. The van der Waals surface area contributed by atoms with Gasteiger partial charge in [0.2, 0.25) is 5.88 Å². The minimum atomic E-state index is 0.452. The van der Waals surface area contributed by atoms with E-state index in [1.54, 1.807) is 12.3 Å². The van der Waals surface area contributed by atoms with E-state index < -0.39 is 0 Å². The third kappa shape index (κ3) is 7.01. The van der Waals surface area contributed by atoms with Crippen LogP contribution in [0, 0.1) is 0 Å². The summed E-state index contributed by atoms with van der Waals surface area (Å²) in [6, 6.07) is 11.4. The van der Waals surface area contributed by atoms with Crippen LogP contribution in [-0.4, -0.2) is 30.6 Å². The first kappa shape index (κ1) is 20.3. The quantitative estimate of drug-likeness (QED) is 0.378. The number of aliphatic imine (C=N–C) groups is 1. The molecule has 27 heavy (non-hydrogen) atoms. The van der Waals surface area contributed by atoms with E-state index in [9.17, 15) is 0 Å². The van der Waals surface area contributed by atoms with Gasteiger partial charge in [0.15, 0.2) is 5.96 Å². The van der Waals surface area contributed by atoms with Crippen molar-refractivity contribution < 1.29 is 9.47 Å². The van der Waals surface area contributed by atoms with Crippen molar-refractivity contribution >= 4 is 5.96 Å². The molecule has 0 bridgehead atoms. The van der Waals surface area contributed by atoms with E-state index in [0.717, 1.165) is 30.2 Å². The highest BCUT2D eigenvalue weighted by Gasteiger charge is 2.07. The smallest absolute Gasteiger partial charge is 0.224 e. The molecule has 0 atom stereocenters. The second-order valence-corrected chi connectivity index (χ2v) is 5.75. The molecule has 0 fully saturated rings. The number of hydrogen-bond acceptors (Lipinski definition) is 4. The second-order valence-electron chi connectivity index (χ2n) is 5.75. The van der Waals surface area contributed by atoms with E-state index in [-0.39, 0.29) is 0 Å². The fraction of sp³-hybridized carbons (Fsp3) is 0.333. The van der Waals surface area contributed by atoms with Crippen LogP contribution in [0.4, 0.5) is 0 Å². The van der Waals surface area contributed by atoms with E-state index in [2.05, 4.69) is 34.1 Å². The van der Waals surface area contributed by atoms with Crippen molar-refractivity contribution in [3.63, 3.8) is 0 Å². The molecule has 0 saturated carbocycles. The summed E-state index contributed by atoms with van der Waals surface area (Å²) >= 11 is 0. The highest BCUT2D eigenvalue weighted by atomic mass is 16.5. The van der Waals surface area contributed by atoms with Crippen LogP contribution in [0.3, 0.4) is 0 Å². The van der Waals surface area contributed by atoms with E-state index in [4.69, 9.17) is 9.47 Å². The highest BCUT2D eigenvalue weighted by Crippen LogP contribution is 2.25. The highest BCUT2D eigenvalue weighted by molar-refractivity contribution is 5.79. The number of ether oxygens (including phenoxy) is 2. The minimum Gasteiger partial charge on any atom is -0.494 e. The molecular weight excluding hydrogens is 340 g/mol. The molecule has 0 spiro atoms. The second kappa shape index (κ2) is 11.6. The summed E-state index contributed by atoms with van der Waals surface area (Å²) in [5, 5.41) is 6.37. The predicted molar refractivity (Wildman–Crippen MR) is 110 cm³/mol. The average Bonchev–Trinajstić information content (AvgIpc) is 2.70. The molecule has 0 aliphatic heterocycles. The van der Waals surface area contributed by atoms with E-state index in [0.29, 0.717) is 31.3 Å². The van der Waals surface area contributed by atoms with Crippen molar-refractivity contribution in [2.24, 2.45) is 4.99 Å². The van der Waals surface area contributed by atoms with Crippen molar-refractivity contribution in [3.05, 3.63) is 60.8 Å². The Morgan fingerprint density at radius 1 is 1.15 bits per heavy atom. The molecule has 1 aromatic carbocycles. The first-order valence-electron chi connectivity index (χ1n) is 9.24. The molecule has 0 aliphatic carbocycles. The molecule has 1 aromatic heterocycles. The van der Waals surface area contributed by atoms with Gasteiger partial charge in [-0.3, -0.25) is 0 Å². The maximum absolute atomic E-state index is 5.95. The molecule has 6 nitrogen and oxygen atoms in total. The van der Waals surface area contributed by atoms with Crippen LogP contribution in [0.2, 0.25) is 0 Å². The van der Waals surface area contributed by atoms with Gasteiger partial charge in [-0.25, -0.2) is 9.98 Å². The monoisotopic (exact) mass is 368 g/mol. The third-order valence-corrected chi connectivity index (χ3v) is 3.53. The average molecular weight is 368 g/mol. The van der Waals surface area contributed by atoms with Crippen molar-refractivity contribution in [1.29, 1.82) is 0 Å². The summed E-state index contributed by atoms with van der Waals surface area (Å²) in [4.78, 5) is 8.93. The number of hydrogen-bond donors (Lipinski definition) is 2. The molecular formula is C21H28N4O2. The van der Waals surface area contributed by atoms with Gasteiger partial charge < -0.3 is 20.1 Å². The van der Waals surface area contributed by atoms with Crippen LogP contribution in [0.5, 0.6) is 17.4 Å². The van der Waals surface area contributed by atoms with Crippen molar-refractivity contribution in [1.82, 2.24) is 15.6 Å². The molecule has 2 N–H and O–H groups in total. The lowest BCUT2D eigenvalue weighted by Crippen LogP contribution is -2.37. The maximum atomic E-state index is 5.95. The van der Waals surface area contributed by atoms with Gasteiger partial charge in [0.05, 0.1) is 13.2 Å². The molecule has 2 rings (SSSR count). The fourth-order valence-electron chi connectivity index (χ4n) is 2.25.